The van der Waals surface area contributed by atoms with E-state index in [-0.39, 0.29) is 12.2 Å². The van der Waals surface area contributed by atoms with Crippen molar-refractivity contribution >= 4 is 23.4 Å². The maximum Gasteiger partial charge on any atom is 0.471 e. The quantitative estimate of drug-likeness (QED) is 0.570. The van der Waals surface area contributed by atoms with Gasteiger partial charge >= 0.3 is 12.1 Å². The Kier molecular flexibility index (Phi) is 2.92. The second kappa shape index (κ2) is 4.27. The summed E-state index contributed by atoms with van der Waals surface area (Å²) in [5.74, 6) is -1.88. The van der Waals surface area contributed by atoms with Crippen LogP contribution in [0.15, 0.2) is 23.2 Å². The van der Waals surface area contributed by atoms with Gasteiger partial charge in [0.05, 0.1) is 5.69 Å². The Hall–Kier alpha value is -2.14. The highest BCUT2D eigenvalue weighted by Crippen LogP contribution is 2.34. The normalized spacial score (nSPS) is 14.1. The van der Waals surface area contributed by atoms with E-state index in [0.717, 1.165) is 0 Å². The van der Waals surface area contributed by atoms with E-state index in [1.165, 1.54) is 24.3 Å². The Bertz CT molecular complexity index is 548. The summed E-state index contributed by atoms with van der Waals surface area (Å²) in [6, 6.07) is 4.19. The van der Waals surface area contributed by atoms with Crippen LogP contribution >= 0.6 is 0 Å². The predicted molar refractivity (Wildman–Crippen MR) is 56.3 cm³/mol. The zero-order valence-corrected chi connectivity index (χ0v) is 8.99. The molecule has 2 rings (SSSR count). The summed E-state index contributed by atoms with van der Waals surface area (Å²) >= 11 is 0. The van der Waals surface area contributed by atoms with Crippen LogP contribution in [0.4, 0.5) is 24.5 Å². The number of hydrogen-bond donors (Lipinski definition) is 0. The molecule has 0 atom stereocenters. The zero-order valence-electron chi connectivity index (χ0n) is 8.99. The van der Waals surface area contributed by atoms with Crippen molar-refractivity contribution in [2.75, 3.05) is 11.4 Å². The molecule has 0 fully saturated rings. The number of nitrogens with zero attached hydrogens (tertiary/aromatic N) is 2. The van der Waals surface area contributed by atoms with Crippen molar-refractivity contribution < 1.29 is 22.8 Å². The fraction of sp³-hybridized carbons (Fsp3) is 0.273. The Morgan fingerprint density at radius 1 is 1.39 bits per heavy atom. The van der Waals surface area contributed by atoms with E-state index in [1.807, 2.05) is 0 Å². The van der Waals surface area contributed by atoms with Crippen LogP contribution in [-0.4, -0.2) is 24.7 Å². The summed E-state index contributed by atoms with van der Waals surface area (Å²) < 4.78 is 37.0. The molecule has 0 unspecified atom stereocenters. The van der Waals surface area contributed by atoms with Crippen LogP contribution in [0.2, 0.25) is 0 Å². The van der Waals surface area contributed by atoms with Gasteiger partial charge in [-0.1, -0.05) is 0 Å². The SMILES string of the molecule is O=C=Nc1ccc2c(c1)CCN2C(=O)C(F)(F)F. The molecule has 94 valence electrons. The molecule has 0 aromatic heterocycles. The molecule has 1 aliphatic heterocycles. The van der Waals surface area contributed by atoms with Crippen molar-refractivity contribution in [1.82, 2.24) is 0 Å². The van der Waals surface area contributed by atoms with Crippen molar-refractivity contribution in [2.24, 2.45) is 4.99 Å². The van der Waals surface area contributed by atoms with Crippen LogP contribution in [0.25, 0.3) is 0 Å². The summed E-state index contributed by atoms with van der Waals surface area (Å²) in [6.45, 7) is -0.0259. The monoisotopic (exact) mass is 256 g/mol. The molecule has 18 heavy (non-hydrogen) atoms. The molecule has 1 aliphatic rings. The molecule has 1 heterocycles. The first-order valence-electron chi connectivity index (χ1n) is 5.03. The average Bonchev–Trinajstić information content (AvgIpc) is 2.70. The number of isocyanates is 1. The number of fused-ring (bicyclic) bond motifs is 1. The van der Waals surface area contributed by atoms with E-state index < -0.39 is 12.1 Å². The number of rotatable bonds is 1. The number of benzene rings is 1. The average molecular weight is 256 g/mol. The maximum atomic E-state index is 12.3. The number of anilines is 1. The number of alkyl halides is 3. The largest absolute Gasteiger partial charge is 0.471 e. The lowest BCUT2D eigenvalue weighted by Gasteiger charge is -2.18. The Morgan fingerprint density at radius 2 is 2.11 bits per heavy atom. The second-order valence-corrected chi connectivity index (χ2v) is 3.72. The van der Waals surface area contributed by atoms with Crippen LogP contribution in [0, 0.1) is 0 Å². The zero-order chi connectivity index (χ0) is 13.3. The first-order valence-corrected chi connectivity index (χ1v) is 5.03. The van der Waals surface area contributed by atoms with Crippen LogP contribution in [0.1, 0.15) is 5.56 Å². The summed E-state index contributed by atoms with van der Waals surface area (Å²) in [6.07, 6.45) is -3.23. The Labute approximate surface area is 99.7 Å². The summed E-state index contributed by atoms with van der Waals surface area (Å²) in [5.41, 5.74) is 1.08. The van der Waals surface area contributed by atoms with E-state index >= 15 is 0 Å². The van der Waals surface area contributed by atoms with Crippen molar-refractivity contribution in [2.45, 2.75) is 12.6 Å². The first kappa shape index (κ1) is 12.3. The van der Waals surface area contributed by atoms with Gasteiger partial charge in [0.25, 0.3) is 0 Å². The van der Waals surface area contributed by atoms with Gasteiger partial charge in [-0.2, -0.15) is 18.2 Å². The molecule has 0 radical (unpaired) electrons. The molecule has 1 aromatic rings. The molecule has 0 bridgehead atoms. The molecule has 1 amide bonds. The maximum absolute atomic E-state index is 12.3. The van der Waals surface area contributed by atoms with E-state index in [9.17, 15) is 22.8 Å². The Balaban J connectivity index is 2.35. The fourth-order valence-electron chi connectivity index (χ4n) is 1.87. The first-order chi connectivity index (χ1) is 8.43. The number of hydrogen-bond acceptors (Lipinski definition) is 3. The minimum Gasteiger partial charge on any atom is -0.304 e. The lowest BCUT2D eigenvalue weighted by molar-refractivity contribution is -0.170. The van der Waals surface area contributed by atoms with Gasteiger partial charge < -0.3 is 4.90 Å². The van der Waals surface area contributed by atoms with Gasteiger partial charge in [0.15, 0.2) is 0 Å². The second-order valence-electron chi connectivity index (χ2n) is 3.72. The van der Waals surface area contributed by atoms with Crippen LogP contribution in [0.5, 0.6) is 0 Å². The number of carbonyl (C=O) groups is 1. The van der Waals surface area contributed by atoms with Gasteiger partial charge in [0.2, 0.25) is 6.08 Å². The van der Waals surface area contributed by atoms with Gasteiger partial charge in [0, 0.05) is 12.2 Å². The number of halogens is 3. The third kappa shape index (κ3) is 2.12. The third-order valence-corrected chi connectivity index (χ3v) is 2.62. The van der Waals surface area contributed by atoms with Gasteiger partial charge in [-0.15, -0.1) is 0 Å². The highest BCUT2D eigenvalue weighted by atomic mass is 19.4. The lowest BCUT2D eigenvalue weighted by Crippen LogP contribution is -2.40. The van der Waals surface area contributed by atoms with Crippen LogP contribution < -0.4 is 4.90 Å². The molecule has 0 aliphatic carbocycles. The smallest absolute Gasteiger partial charge is 0.304 e. The number of carbonyl (C=O) groups excluding carboxylic acids is 2. The molecule has 0 saturated heterocycles. The van der Waals surface area contributed by atoms with Gasteiger partial charge in [0.1, 0.15) is 0 Å². The van der Waals surface area contributed by atoms with Crippen molar-refractivity contribution in [3.8, 4) is 0 Å². The number of aliphatic imine (C=N–C) groups is 1. The minimum atomic E-state index is -4.89. The highest BCUT2D eigenvalue weighted by molar-refractivity contribution is 5.99. The third-order valence-electron chi connectivity index (χ3n) is 2.62. The topological polar surface area (TPSA) is 49.7 Å². The summed E-state index contributed by atoms with van der Waals surface area (Å²) in [4.78, 5) is 25.3. The van der Waals surface area contributed by atoms with E-state index in [0.29, 0.717) is 22.6 Å². The molecular formula is C11H7F3N2O2. The van der Waals surface area contributed by atoms with Gasteiger partial charge in [-0.05, 0) is 30.2 Å². The standard InChI is InChI=1S/C11H7F3N2O2/c12-11(13,14)10(18)16-4-3-7-5-8(15-6-17)1-2-9(7)16/h1-2,5H,3-4H2. The van der Waals surface area contributed by atoms with Crippen molar-refractivity contribution in [1.29, 1.82) is 0 Å². The molecule has 0 saturated carbocycles. The molecule has 0 spiro atoms. The van der Waals surface area contributed by atoms with Crippen molar-refractivity contribution in [3.63, 3.8) is 0 Å². The fourth-order valence-corrected chi connectivity index (χ4v) is 1.87. The van der Waals surface area contributed by atoms with E-state index in [4.69, 9.17) is 0 Å². The predicted octanol–water partition coefficient (Wildman–Crippen LogP) is 2.11. The molecule has 0 N–H and O–H groups in total. The van der Waals surface area contributed by atoms with Gasteiger partial charge in [-0.3, -0.25) is 4.79 Å². The van der Waals surface area contributed by atoms with E-state index in [1.54, 1.807) is 0 Å². The summed E-state index contributed by atoms with van der Waals surface area (Å²) in [7, 11) is 0. The molecule has 4 nitrogen and oxygen atoms in total. The molecule has 1 aromatic carbocycles. The van der Waals surface area contributed by atoms with Crippen LogP contribution in [0.3, 0.4) is 0 Å². The minimum absolute atomic E-state index is 0.0259. The summed E-state index contributed by atoms with van der Waals surface area (Å²) in [5, 5.41) is 0. The van der Waals surface area contributed by atoms with Crippen molar-refractivity contribution in [3.05, 3.63) is 23.8 Å². The highest BCUT2D eigenvalue weighted by Gasteiger charge is 2.44. The van der Waals surface area contributed by atoms with E-state index in [2.05, 4.69) is 4.99 Å². The van der Waals surface area contributed by atoms with Crippen LogP contribution in [-0.2, 0) is 16.0 Å². The Morgan fingerprint density at radius 3 is 2.72 bits per heavy atom. The van der Waals surface area contributed by atoms with Gasteiger partial charge in [-0.25, -0.2) is 4.79 Å². The molecule has 7 heteroatoms. The number of amides is 1. The lowest BCUT2D eigenvalue weighted by atomic mass is 10.1. The molecular weight excluding hydrogens is 249 g/mol.